The lowest BCUT2D eigenvalue weighted by Crippen LogP contribution is -2.55. The van der Waals surface area contributed by atoms with Crippen LogP contribution < -0.4 is 5.32 Å². The highest BCUT2D eigenvalue weighted by atomic mass is 15.3. The molecule has 0 aromatic heterocycles. The molecule has 1 aliphatic rings. The van der Waals surface area contributed by atoms with E-state index in [4.69, 9.17) is 0 Å². The van der Waals surface area contributed by atoms with Gasteiger partial charge in [0, 0.05) is 37.8 Å². The van der Waals surface area contributed by atoms with Crippen LogP contribution in [0, 0.1) is 5.92 Å². The molecule has 120 valence electrons. The highest BCUT2D eigenvalue weighted by Gasteiger charge is 2.27. The van der Waals surface area contributed by atoms with Gasteiger partial charge in [-0.1, -0.05) is 13.8 Å². The molecule has 1 saturated heterocycles. The smallest absolute Gasteiger partial charge is 0.0126 e. The Morgan fingerprint density at radius 3 is 2.10 bits per heavy atom. The summed E-state index contributed by atoms with van der Waals surface area (Å²) in [5.41, 5.74) is 0.329. The molecule has 20 heavy (non-hydrogen) atoms. The van der Waals surface area contributed by atoms with Crippen LogP contribution in [0.25, 0.3) is 0 Å². The molecule has 1 aliphatic heterocycles. The molecule has 0 aromatic rings. The first-order valence-electron chi connectivity index (χ1n) is 8.50. The molecule has 1 fully saturated rings. The average Bonchev–Trinajstić information content (AvgIpc) is 2.37. The van der Waals surface area contributed by atoms with Crippen LogP contribution in [0.5, 0.6) is 0 Å². The highest BCUT2D eigenvalue weighted by molar-refractivity contribution is 4.83. The second-order valence-corrected chi connectivity index (χ2v) is 7.78. The van der Waals surface area contributed by atoms with E-state index in [1.54, 1.807) is 0 Å². The van der Waals surface area contributed by atoms with Crippen LogP contribution in [-0.2, 0) is 0 Å². The average molecular weight is 284 g/mol. The van der Waals surface area contributed by atoms with Crippen LogP contribution in [0.1, 0.15) is 54.4 Å². The largest absolute Gasteiger partial charge is 0.316 e. The molecule has 0 bridgehead atoms. The van der Waals surface area contributed by atoms with Crippen molar-refractivity contribution in [3.63, 3.8) is 0 Å². The van der Waals surface area contributed by atoms with Crippen LogP contribution in [0.2, 0.25) is 0 Å². The zero-order chi connectivity index (χ0) is 15.2. The van der Waals surface area contributed by atoms with E-state index >= 15 is 0 Å². The van der Waals surface area contributed by atoms with Gasteiger partial charge < -0.3 is 5.32 Å². The molecule has 0 amide bonds. The molecule has 1 heterocycles. The van der Waals surface area contributed by atoms with Crippen molar-refractivity contribution in [1.82, 2.24) is 15.1 Å². The van der Waals surface area contributed by atoms with Gasteiger partial charge in [0.1, 0.15) is 0 Å². The first-order chi connectivity index (χ1) is 9.30. The maximum absolute atomic E-state index is 3.54. The minimum Gasteiger partial charge on any atom is -0.316 e. The standard InChI is InChI=1S/C17H37N3/c1-15(2)14-18-9-7-8-16(3)19-10-12-20(13-11-19)17(4,5)6/h15-16,18H,7-14H2,1-6H3. The van der Waals surface area contributed by atoms with Gasteiger partial charge in [0.15, 0.2) is 0 Å². The van der Waals surface area contributed by atoms with Gasteiger partial charge in [-0.05, 0) is 59.5 Å². The van der Waals surface area contributed by atoms with E-state index in [1.807, 2.05) is 0 Å². The Hall–Kier alpha value is -0.120. The second kappa shape index (κ2) is 8.35. The van der Waals surface area contributed by atoms with Crippen LogP contribution in [0.4, 0.5) is 0 Å². The molecule has 0 saturated carbocycles. The summed E-state index contributed by atoms with van der Waals surface area (Å²) in [5.74, 6) is 0.762. The number of nitrogens with zero attached hydrogens (tertiary/aromatic N) is 2. The summed E-state index contributed by atoms with van der Waals surface area (Å²) >= 11 is 0. The molecule has 0 aliphatic carbocycles. The second-order valence-electron chi connectivity index (χ2n) is 7.78. The number of rotatable bonds is 7. The quantitative estimate of drug-likeness (QED) is 0.725. The van der Waals surface area contributed by atoms with E-state index in [-0.39, 0.29) is 0 Å². The topological polar surface area (TPSA) is 18.5 Å². The molecular formula is C17H37N3. The normalized spacial score (nSPS) is 20.6. The zero-order valence-electron chi connectivity index (χ0n) is 14.7. The number of nitrogens with one attached hydrogen (secondary N) is 1. The van der Waals surface area contributed by atoms with E-state index in [0.29, 0.717) is 5.54 Å². The first kappa shape index (κ1) is 17.9. The van der Waals surface area contributed by atoms with Crippen molar-refractivity contribution < 1.29 is 0 Å². The predicted octanol–water partition coefficient (Wildman–Crippen LogP) is 2.82. The van der Waals surface area contributed by atoms with E-state index < -0.39 is 0 Å². The Morgan fingerprint density at radius 1 is 1.00 bits per heavy atom. The number of hydrogen-bond donors (Lipinski definition) is 1. The van der Waals surface area contributed by atoms with Gasteiger partial charge in [-0.15, -0.1) is 0 Å². The van der Waals surface area contributed by atoms with Gasteiger partial charge in [-0.2, -0.15) is 0 Å². The molecule has 3 heteroatoms. The molecule has 1 rings (SSSR count). The minimum atomic E-state index is 0.329. The van der Waals surface area contributed by atoms with E-state index in [9.17, 15) is 0 Å². The van der Waals surface area contributed by atoms with Gasteiger partial charge in [-0.25, -0.2) is 0 Å². The Labute approximate surface area is 127 Å². The number of piperazine rings is 1. The maximum atomic E-state index is 3.54. The molecule has 0 aromatic carbocycles. The van der Waals surface area contributed by atoms with E-state index in [1.165, 1.54) is 45.6 Å². The zero-order valence-corrected chi connectivity index (χ0v) is 14.7. The van der Waals surface area contributed by atoms with Gasteiger partial charge in [0.2, 0.25) is 0 Å². The van der Waals surface area contributed by atoms with Crippen molar-refractivity contribution in [2.24, 2.45) is 5.92 Å². The van der Waals surface area contributed by atoms with Crippen molar-refractivity contribution in [1.29, 1.82) is 0 Å². The van der Waals surface area contributed by atoms with E-state index in [0.717, 1.165) is 18.5 Å². The third kappa shape index (κ3) is 6.55. The Morgan fingerprint density at radius 2 is 1.60 bits per heavy atom. The Kier molecular flexibility index (Phi) is 7.49. The summed E-state index contributed by atoms with van der Waals surface area (Å²) in [6.45, 7) is 21.1. The van der Waals surface area contributed by atoms with Gasteiger partial charge in [0.25, 0.3) is 0 Å². The van der Waals surface area contributed by atoms with Crippen molar-refractivity contribution >= 4 is 0 Å². The molecule has 1 atom stereocenters. The third-order valence-corrected chi connectivity index (χ3v) is 4.41. The summed E-state index contributed by atoms with van der Waals surface area (Å²) < 4.78 is 0. The van der Waals surface area contributed by atoms with Gasteiger partial charge in [0.05, 0.1) is 0 Å². The van der Waals surface area contributed by atoms with Crippen LogP contribution in [0.15, 0.2) is 0 Å². The van der Waals surface area contributed by atoms with Crippen LogP contribution >= 0.6 is 0 Å². The first-order valence-corrected chi connectivity index (χ1v) is 8.50. The summed E-state index contributed by atoms with van der Waals surface area (Å²) in [4.78, 5) is 5.28. The lowest BCUT2D eigenvalue weighted by molar-refractivity contribution is 0.0435. The van der Waals surface area contributed by atoms with Crippen molar-refractivity contribution in [2.45, 2.75) is 66.0 Å². The molecule has 3 nitrogen and oxygen atoms in total. The monoisotopic (exact) mass is 283 g/mol. The van der Waals surface area contributed by atoms with Gasteiger partial charge >= 0.3 is 0 Å². The number of hydrogen-bond acceptors (Lipinski definition) is 3. The third-order valence-electron chi connectivity index (χ3n) is 4.41. The fourth-order valence-corrected chi connectivity index (χ4v) is 2.93. The Balaban J connectivity index is 2.14. The Bertz CT molecular complexity index is 249. The summed E-state index contributed by atoms with van der Waals surface area (Å²) in [6.07, 6.45) is 2.62. The predicted molar refractivity (Wildman–Crippen MR) is 89.3 cm³/mol. The van der Waals surface area contributed by atoms with Crippen LogP contribution in [-0.4, -0.2) is 60.6 Å². The molecular weight excluding hydrogens is 246 g/mol. The summed E-state index contributed by atoms with van der Waals surface area (Å²) in [6, 6.07) is 0.734. The fourth-order valence-electron chi connectivity index (χ4n) is 2.93. The van der Waals surface area contributed by atoms with E-state index in [2.05, 4.69) is 56.7 Å². The molecule has 0 spiro atoms. The lowest BCUT2D eigenvalue weighted by Gasteiger charge is -2.44. The van der Waals surface area contributed by atoms with Crippen molar-refractivity contribution in [3.05, 3.63) is 0 Å². The summed E-state index contributed by atoms with van der Waals surface area (Å²) in [5, 5.41) is 3.54. The van der Waals surface area contributed by atoms with Crippen molar-refractivity contribution in [2.75, 3.05) is 39.3 Å². The molecule has 1 N–H and O–H groups in total. The molecule has 0 radical (unpaired) electrons. The maximum Gasteiger partial charge on any atom is 0.0126 e. The van der Waals surface area contributed by atoms with Crippen molar-refractivity contribution in [3.8, 4) is 0 Å². The summed E-state index contributed by atoms with van der Waals surface area (Å²) in [7, 11) is 0. The lowest BCUT2D eigenvalue weighted by atomic mass is 10.0. The fraction of sp³-hybridized carbons (Fsp3) is 1.00. The van der Waals surface area contributed by atoms with Crippen LogP contribution in [0.3, 0.4) is 0 Å². The van der Waals surface area contributed by atoms with Gasteiger partial charge in [-0.3, -0.25) is 9.80 Å². The highest BCUT2D eigenvalue weighted by Crippen LogP contribution is 2.18. The minimum absolute atomic E-state index is 0.329. The molecule has 1 unspecified atom stereocenters. The SMILES string of the molecule is CC(C)CNCCCC(C)N1CCN(C(C)(C)C)CC1.